The van der Waals surface area contributed by atoms with Crippen LogP contribution in [0, 0.1) is 29.1 Å². The molecule has 2 aromatic rings. The number of nitrogens with one attached hydrogen (secondary N) is 2. The van der Waals surface area contributed by atoms with Crippen molar-refractivity contribution < 1.29 is 50.5 Å². The van der Waals surface area contributed by atoms with Crippen LogP contribution in [0.1, 0.15) is 39.2 Å². The summed E-state index contributed by atoms with van der Waals surface area (Å²) in [5, 5.41) is 4.53. The largest absolute Gasteiger partial charge is 0.445 e. The van der Waals surface area contributed by atoms with E-state index in [2.05, 4.69) is 15.4 Å². The van der Waals surface area contributed by atoms with Gasteiger partial charge in [-0.1, -0.05) is 30.3 Å². The number of ether oxygens (including phenoxy) is 3. The summed E-state index contributed by atoms with van der Waals surface area (Å²) in [6.07, 6.45) is -2.15. The number of benzene rings is 2. The number of alkyl carbamates (subject to hydrolysis) is 2. The fourth-order valence-corrected chi connectivity index (χ4v) is 2.82. The molecule has 0 fully saturated rings. The van der Waals surface area contributed by atoms with Gasteiger partial charge >= 0.3 is 18.2 Å². The van der Waals surface area contributed by atoms with Crippen LogP contribution in [0.25, 0.3) is 0 Å². The van der Waals surface area contributed by atoms with Gasteiger partial charge in [0.15, 0.2) is 0 Å². The molecule has 0 aliphatic carbocycles. The van der Waals surface area contributed by atoms with Crippen LogP contribution in [0.15, 0.2) is 30.3 Å². The van der Waals surface area contributed by atoms with Gasteiger partial charge in [0, 0.05) is 6.54 Å². The molecule has 0 saturated heterocycles. The molecule has 202 valence electrons. The first-order chi connectivity index (χ1) is 17.3. The third-order valence-electron chi connectivity index (χ3n) is 4.50. The van der Waals surface area contributed by atoms with E-state index in [0.29, 0.717) is 0 Å². The molecule has 0 spiro atoms. The molecule has 0 unspecified atom stereocenters. The highest BCUT2D eigenvalue weighted by molar-refractivity contribution is 5.83. The minimum Gasteiger partial charge on any atom is -0.445 e. The fraction of sp³-hybridized carbons (Fsp3) is 0.375. The second-order valence-corrected chi connectivity index (χ2v) is 8.65. The van der Waals surface area contributed by atoms with Gasteiger partial charge in [-0.25, -0.2) is 27.6 Å². The predicted octanol–water partition coefficient (Wildman–Crippen LogP) is 4.89. The van der Waals surface area contributed by atoms with Crippen molar-refractivity contribution in [1.82, 2.24) is 10.6 Å². The Morgan fingerprint density at radius 2 is 1.43 bits per heavy atom. The third-order valence-corrected chi connectivity index (χ3v) is 4.50. The van der Waals surface area contributed by atoms with Crippen molar-refractivity contribution in [1.29, 1.82) is 0 Å². The standard InChI is InChI=1S/C24H25F5N2O6/c1-24(2,3)37-23(34)31-14(10-7-11-30-22(33)35-12-13-8-5-4-6-9-13)21(32)36-20-18(28)16(26)15(25)17(27)19(20)29/h4-6,8-9,14H,7,10-12H2,1-3H3,(H,30,33)(H,31,34)/t14-/m1/s1. The number of rotatable bonds is 9. The smallest absolute Gasteiger partial charge is 0.408 e. The molecule has 0 heterocycles. The Hall–Kier alpha value is -3.90. The summed E-state index contributed by atoms with van der Waals surface area (Å²) in [5.41, 5.74) is -0.237. The summed E-state index contributed by atoms with van der Waals surface area (Å²) in [6, 6.07) is 7.18. The SMILES string of the molecule is CC(C)(C)OC(=O)N[C@H](CCCNC(=O)OCc1ccccc1)C(=O)Oc1c(F)c(F)c(F)c(F)c1F. The Balaban J connectivity index is 2.03. The van der Waals surface area contributed by atoms with Crippen molar-refractivity contribution in [3.63, 3.8) is 0 Å². The molecule has 2 amide bonds. The van der Waals surface area contributed by atoms with E-state index in [1.165, 1.54) is 20.8 Å². The van der Waals surface area contributed by atoms with Gasteiger partial charge in [0.2, 0.25) is 34.8 Å². The Bertz CT molecular complexity index is 1100. The fourth-order valence-electron chi connectivity index (χ4n) is 2.82. The van der Waals surface area contributed by atoms with Gasteiger partial charge in [-0.3, -0.25) is 0 Å². The first-order valence-electron chi connectivity index (χ1n) is 11.0. The summed E-state index contributed by atoms with van der Waals surface area (Å²) in [7, 11) is 0. The molecule has 0 radical (unpaired) electrons. The number of amides is 2. The number of hydrogen-bond acceptors (Lipinski definition) is 6. The maximum absolute atomic E-state index is 13.9. The molecular formula is C24H25F5N2O6. The summed E-state index contributed by atoms with van der Waals surface area (Å²) in [6.45, 7) is 4.53. The van der Waals surface area contributed by atoms with E-state index in [4.69, 9.17) is 9.47 Å². The zero-order valence-electron chi connectivity index (χ0n) is 20.1. The molecule has 8 nitrogen and oxygen atoms in total. The Labute approximate surface area is 209 Å². The van der Waals surface area contributed by atoms with Crippen LogP contribution in [0.2, 0.25) is 0 Å². The average molecular weight is 532 g/mol. The van der Waals surface area contributed by atoms with E-state index >= 15 is 0 Å². The van der Waals surface area contributed by atoms with Gasteiger partial charge in [0.1, 0.15) is 18.2 Å². The van der Waals surface area contributed by atoms with Gasteiger partial charge < -0.3 is 24.8 Å². The van der Waals surface area contributed by atoms with Gasteiger partial charge in [-0.2, -0.15) is 8.78 Å². The highest BCUT2D eigenvalue weighted by Gasteiger charge is 2.32. The van der Waals surface area contributed by atoms with E-state index in [1.807, 2.05) is 0 Å². The van der Waals surface area contributed by atoms with E-state index in [1.54, 1.807) is 30.3 Å². The summed E-state index contributed by atoms with van der Waals surface area (Å²) in [4.78, 5) is 36.5. The van der Waals surface area contributed by atoms with Crippen molar-refractivity contribution in [3.05, 3.63) is 65.0 Å². The molecule has 2 N–H and O–H groups in total. The monoisotopic (exact) mass is 532 g/mol. The lowest BCUT2D eigenvalue weighted by molar-refractivity contribution is -0.137. The molecule has 2 aromatic carbocycles. The van der Waals surface area contributed by atoms with Crippen LogP contribution in [0.5, 0.6) is 5.75 Å². The molecule has 0 aliphatic heterocycles. The average Bonchev–Trinajstić information content (AvgIpc) is 2.84. The van der Waals surface area contributed by atoms with Crippen molar-refractivity contribution in [2.75, 3.05) is 6.54 Å². The van der Waals surface area contributed by atoms with Crippen molar-refractivity contribution in [3.8, 4) is 5.75 Å². The minimum atomic E-state index is -2.43. The highest BCUT2D eigenvalue weighted by Crippen LogP contribution is 2.29. The summed E-state index contributed by atoms with van der Waals surface area (Å²) < 4.78 is 82.5. The Morgan fingerprint density at radius 3 is 2.00 bits per heavy atom. The number of halogens is 5. The Morgan fingerprint density at radius 1 is 0.865 bits per heavy atom. The highest BCUT2D eigenvalue weighted by atomic mass is 19.2. The van der Waals surface area contributed by atoms with Gasteiger partial charge in [0.25, 0.3) is 0 Å². The number of carbonyl (C=O) groups excluding carboxylic acids is 3. The molecule has 2 rings (SSSR count). The second kappa shape index (κ2) is 12.9. The second-order valence-electron chi connectivity index (χ2n) is 8.65. The maximum atomic E-state index is 13.9. The first kappa shape index (κ1) is 29.3. The van der Waals surface area contributed by atoms with Crippen LogP contribution in [0.4, 0.5) is 31.5 Å². The van der Waals surface area contributed by atoms with E-state index in [-0.39, 0.29) is 26.0 Å². The van der Waals surface area contributed by atoms with E-state index < -0.39 is 64.6 Å². The minimum absolute atomic E-state index is 0.00371. The van der Waals surface area contributed by atoms with Crippen molar-refractivity contribution in [2.45, 2.75) is 51.9 Å². The molecule has 13 heteroatoms. The van der Waals surface area contributed by atoms with Crippen molar-refractivity contribution >= 4 is 18.2 Å². The lowest BCUT2D eigenvalue weighted by atomic mass is 10.1. The van der Waals surface area contributed by atoms with Crippen LogP contribution in [-0.2, 0) is 20.9 Å². The quantitative estimate of drug-likeness (QED) is 0.119. The van der Waals surface area contributed by atoms with Crippen LogP contribution in [0.3, 0.4) is 0 Å². The molecule has 0 saturated carbocycles. The topological polar surface area (TPSA) is 103 Å². The molecule has 0 aromatic heterocycles. The lowest BCUT2D eigenvalue weighted by Crippen LogP contribution is -2.45. The van der Waals surface area contributed by atoms with Gasteiger partial charge in [0.05, 0.1) is 0 Å². The van der Waals surface area contributed by atoms with Crippen molar-refractivity contribution in [2.24, 2.45) is 0 Å². The summed E-state index contributed by atoms with van der Waals surface area (Å²) in [5.74, 6) is -15.1. The summed E-state index contributed by atoms with van der Waals surface area (Å²) >= 11 is 0. The van der Waals surface area contributed by atoms with E-state index in [9.17, 15) is 36.3 Å². The van der Waals surface area contributed by atoms with Gasteiger partial charge in [-0.15, -0.1) is 0 Å². The predicted molar refractivity (Wildman–Crippen MR) is 119 cm³/mol. The molecular weight excluding hydrogens is 507 g/mol. The molecule has 0 bridgehead atoms. The molecule has 37 heavy (non-hydrogen) atoms. The maximum Gasteiger partial charge on any atom is 0.408 e. The molecule has 1 atom stereocenters. The lowest BCUT2D eigenvalue weighted by Gasteiger charge is -2.23. The molecule has 0 aliphatic rings. The number of esters is 1. The first-order valence-corrected chi connectivity index (χ1v) is 11.0. The zero-order valence-corrected chi connectivity index (χ0v) is 20.1. The third kappa shape index (κ3) is 8.92. The number of carbonyl (C=O) groups is 3. The Kier molecular flexibility index (Phi) is 10.2. The zero-order chi connectivity index (χ0) is 27.8. The van der Waals surface area contributed by atoms with Crippen LogP contribution in [-0.4, -0.2) is 36.3 Å². The normalized spacial score (nSPS) is 11.9. The van der Waals surface area contributed by atoms with Crippen LogP contribution < -0.4 is 15.4 Å². The van der Waals surface area contributed by atoms with Crippen LogP contribution >= 0.6 is 0 Å². The number of hydrogen-bond donors (Lipinski definition) is 2. The van der Waals surface area contributed by atoms with Gasteiger partial charge in [-0.05, 0) is 39.2 Å². The van der Waals surface area contributed by atoms with E-state index in [0.717, 1.165) is 5.56 Å².